The van der Waals surface area contributed by atoms with Gasteiger partial charge in [-0.1, -0.05) is 45.4 Å². The highest BCUT2D eigenvalue weighted by Gasteiger charge is 2.37. The Balaban J connectivity index is 0.539. The van der Waals surface area contributed by atoms with Crippen molar-refractivity contribution in [1.82, 2.24) is 25.3 Å². The Morgan fingerprint density at radius 2 is 1.04 bits per heavy atom. The molecular weight excluding hydrogens is 1380 g/mol. The lowest BCUT2D eigenvalue weighted by atomic mass is 9.92. The fraction of sp³-hybridized carbons (Fsp3) is 0.487. The molecule has 0 saturated carbocycles. The van der Waals surface area contributed by atoms with Gasteiger partial charge < -0.3 is 87.3 Å². The highest BCUT2D eigenvalue weighted by molar-refractivity contribution is 6.13. The number of aliphatic imine (C=N–C) groups is 2. The minimum atomic E-state index is -0.738. The van der Waals surface area contributed by atoms with E-state index in [4.69, 9.17) is 71.6 Å². The summed E-state index contributed by atoms with van der Waals surface area (Å²) in [6, 6.07) is 18.4. The fourth-order valence-corrected chi connectivity index (χ4v) is 12.4. The second-order valence-corrected chi connectivity index (χ2v) is 26.3. The lowest BCUT2D eigenvalue weighted by molar-refractivity contribution is -0.137. The maximum absolute atomic E-state index is 14.2. The van der Waals surface area contributed by atoms with Gasteiger partial charge in [0, 0.05) is 119 Å². The molecule has 29 nitrogen and oxygen atoms in total. The van der Waals surface area contributed by atoms with Gasteiger partial charge in [-0.05, 0) is 77.4 Å². The normalized spacial score (nSPS) is 16.6. The highest BCUT2D eigenvalue weighted by atomic mass is 16.7. The number of amides is 7. The topological polar surface area (TPSA) is 327 Å². The molecule has 6 aliphatic heterocycles. The van der Waals surface area contributed by atoms with E-state index in [2.05, 4.69) is 16.0 Å². The number of nitrogens with zero attached hydrogens (tertiary/aromatic N) is 5. The van der Waals surface area contributed by atoms with E-state index in [1.807, 2.05) is 56.6 Å². The Hall–Kier alpha value is -9.88. The molecule has 0 aliphatic carbocycles. The van der Waals surface area contributed by atoms with Crippen LogP contribution in [-0.2, 0) is 61.9 Å². The van der Waals surface area contributed by atoms with Crippen LogP contribution in [0.4, 0.5) is 17.1 Å². The molecule has 6 heterocycles. The first-order valence-corrected chi connectivity index (χ1v) is 36.4. The number of benzene rings is 4. The molecule has 0 spiro atoms. The van der Waals surface area contributed by atoms with Crippen molar-refractivity contribution < 1.29 is 99.9 Å². The van der Waals surface area contributed by atoms with E-state index in [9.17, 15) is 38.4 Å². The van der Waals surface area contributed by atoms with Crippen molar-refractivity contribution in [2.24, 2.45) is 21.8 Å². The summed E-state index contributed by atoms with van der Waals surface area (Å²) in [5.74, 6) is -0.212. The second-order valence-electron chi connectivity index (χ2n) is 26.3. The van der Waals surface area contributed by atoms with E-state index >= 15 is 0 Å². The van der Waals surface area contributed by atoms with Crippen LogP contribution >= 0.6 is 0 Å². The average molecular weight is 1480 g/mol. The number of methoxy groups -OCH3 is 2. The Labute approximate surface area is 622 Å². The van der Waals surface area contributed by atoms with Gasteiger partial charge in [0.05, 0.1) is 154 Å². The van der Waals surface area contributed by atoms with Crippen LogP contribution in [0.3, 0.4) is 0 Å². The number of unbranched alkanes of at least 4 members (excludes halogenated alkanes) is 2. The smallest absolute Gasteiger partial charge is 0.260 e. The van der Waals surface area contributed by atoms with E-state index in [0.717, 1.165) is 40.0 Å². The molecule has 0 bridgehead atoms. The lowest BCUT2D eigenvalue weighted by Gasteiger charge is -2.23. The Kier molecular flexibility index (Phi) is 30.3. The summed E-state index contributed by atoms with van der Waals surface area (Å²) in [5, 5.41) is 8.52. The molecule has 6 aliphatic rings. The zero-order valence-corrected chi connectivity index (χ0v) is 61.3. The number of anilines is 1. The minimum absolute atomic E-state index is 0.0309. The van der Waals surface area contributed by atoms with Crippen molar-refractivity contribution in [3.05, 3.63) is 114 Å². The van der Waals surface area contributed by atoms with Gasteiger partial charge in [0.25, 0.3) is 23.6 Å². The predicted octanol–water partition coefficient (Wildman–Crippen LogP) is 8.01. The van der Waals surface area contributed by atoms with Crippen molar-refractivity contribution in [2.45, 2.75) is 96.7 Å². The van der Waals surface area contributed by atoms with E-state index < -0.39 is 23.8 Å². The molecule has 10 rings (SSSR count). The molecule has 0 fully saturated rings. The van der Waals surface area contributed by atoms with Gasteiger partial charge in [-0.2, -0.15) is 0 Å². The number of carbonyl (C=O) groups is 8. The van der Waals surface area contributed by atoms with Crippen LogP contribution in [0.2, 0.25) is 0 Å². The molecule has 0 radical (unpaired) electrons. The van der Waals surface area contributed by atoms with Crippen LogP contribution in [-0.4, -0.2) is 232 Å². The third kappa shape index (κ3) is 22.8. The van der Waals surface area contributed by atoms with Crippen molar-refractivity contribution >= 4 is 87.8 Å². The average Bonchev–Trinajstić information content (AvgIpc) is 1.66. The monoisotopic (exact) mass is 1480 g/mol. The third-order valence-corrected chi connectivity index (χ3v) is 18.2. The molecule has 107 heavy (non-hydrogen) atoms. The van der Waals surface area contributed by atoms with Crippen molar-refractivity contribution in [3.8, 4) is 34.5 Å². The molecule has 29 heteroatoms. The SMILES string of the molecule is COc1cc2c(cc1OCCCOc1cc3c(cc1OC)C(=O)N1C=C(c4ccc5c(c4)OCO5)C[C@H]1C=N3)N=C[C@@H]1CC(c3ccc(NC(=O)[C@H](C)CC(=O)C(NC(=O)CCCCCOCCOCCOCCOCCOCCOCCOCCNC(=O)CCN4C(=O)C=CC4=O)C(C)C)cc3)=CN1C2=O. The minimum Gasteiger partial charge on any atom is -0.493 e. The summed E-state index contributed by atoms with van der Waals surface area (Å²) < 4.78 is 73.6. The number of carbonyl (C=O) groups excluding carboxylic acids is 8. The molecule has 0 aromatic heterocycles. The number of hydrogen-bond acceptors (Lipinski definition) is 23. The molecule has 3 N–H and O–H groups in total. The fourth-order valence-electron chi connectivity index (χ4n) is 12.4. The van der Waals surface area contributed by atoms with Gasteiger partial charge in [-0.25, -0.2) is 0 Å². The van der Waals surface area contributed by atoms with Crippen molar-refractivity contribution in [1.29, 1.82) is 0 Å². The number of Topliss-reactive ketones (excluding diaryl/α,β-unsaturated/α-hetero) is 1. The molecule has 4 aromatic carbocycles. The maximum atomic E-state index is 14.2. The van der Waals surface area contributed by atoms with Crippen LogP contribution in [0.25, 0.3) is 11.1 Å². The summed E-state index contributed by atoms with van der Waals surface area (Å²) >= 11 is 0. The summed E-state index contributed by atoms with van der Waals surface area (Å²) in [4.78, 5) is 117. The quantitative estimate of drug-likeness (QED) is 0.0278. The first-order chi connectivity index (χ1) is 52.0. The zero-order chi connectivity index (χ0) is 75.4. The number of imide groups is 1. The Morgan fingerprint density at radius 3 is 1.57 bits per heavy atom. The van der Waals surface area contributed by atoms with E-state index in [1.165, 1.54) is 26.4 Å². The van der Waals surface area contributed by atoms with Gasteiger partial charge in [0.1, 0.15) is 0 Å². The number of fused-ring (bicyclic) bond motifs is 5. The van der Waals surface area contributed by atoms with Gasteiger partial charge in [0.15, 0.2) is 40.3 Å². The Morgan fingerprint density at radius 1 is 0.533 bits per heavy atom. The van der Waals surface area contributed by atoms with Crippen molar-refractivity contribution in [3.63, 3.8) is 0 Å². The highest BCUT2D eigenvalue weighted by Crippen LogP contribution is 2.43. The van der Waals surface area contributed by atoms with Crippen LogP contribution in [0, 0.1) is 11.8 Å². The largest absolute Gasteiger partial charge is 0.493 e. The predicted molar refractivity (Wildman–Crippen MR) is 394 cm³/mol. The molecule has 4 atom stereocenters. The van der Waals surface area contributed by atoms with Gasteiger partial charge >= 0.3 is 0 Å². The van der Waals surface area contributed by atoms with Crippen LogP contribution in [0.15, 0.2) is 101 Å². The first kappa shape index (κ1) is 79.7. The molecule has 574 valence electrons. The first-order valence-electron chi connectivity index (χ1n) is 36.4. The zero-order valence-electron chi connectivity index (χ0n) is 61.3. The molecule has 7 amide bonds. The summed E-state index contributed by atoms with van der Waals surface area (Å²) in [5.41, 5.74) is 5.89. The molecule has 4 aromatic rings. The number of ketones is 1. The van der Waals surface area contributed by atoms with E-state index in [1.54, 1.807) is 65.6 Å². The summed E-state index contributed by atoms with van der Waals surface area (Å²) in [6.07, 6.45) is 13.6. The van der Waals surface area contributed by atoms with Gasteiger partial charge in [-0.15, -0.1) is 0 Å². The number of nitrogens with one attached hydrogen (secondary N) is 3. The molecule has 1 unspecified atom stereocenters. The van der Waals surface area contributed by atoms with Gasteiger partial charge in [-0.3, -0.25) is 53.2 Å². The Bertz CT molecular complexity index is 3910. The third-order valence-electron chi connectivity index (χ3n) is 18.2. The van der Waals surface area contributed by atoms with E-state index in [-0.39, 0.29) is 99.1 Å². The molecular formula is C78H96N8O21. The summed E-state index contributed by atoms with van der Waals surface area (Å²) in [7, 11) is 3.03. The number of ether oxygens (including phenoxy) is 13. The maximum Gasteiger partial charge on any atom is 0.260 e. The lowest BCUT2D eigenvalue weighted by Crippen LogP contribution is -2.45. The van der Waals surface area contributed by atoms with Crippen LogP contribution < -0.4 is 44.4 Å². The number of hydrogen-bond donors (Lipinski definition) is 3. The number of rotatable bonds is 47. The standard InChI is InChI=1S/C78H96N8O21/c1-51(2)75(83-72(89)10-7-6-8-22-97-26-28-99-30-32-101-34-36-103-37-35-102-33-31-100-29-27-98-25-20-79-71(88)19-21-84-73(90)17-18-74(84)91)64(87)38-52(3)76(92)82-57-14-11-53(12-15-57)55-39-58-46-80-62-44-69(66(95-4)42-60(62)77(93)85(58)48-55)104-23-9-24-105-70-45-63-61(43-67(70)96-5)78(94)86-49-56(40-59(86)47-81-63)54-13-16-65-68(41-54)107-50-106-65/h11-18,41-49,51-52,58-59,75H,6-10,19-40,50H2,1-5H3,(H,79,88)(H,82,92)(H,83,89)/t52-,58+,59+,75?/m1/s1. The van der Waals surface area contributed by atoms with Crippen LogP contribution in [0.1, 0.15) is 110 Å². The van der Waals surface area contributed by atoms with Gasteiger partial charge in [0.2, 0.25) is 24.5 Å². The van der Waals surface area contributed by atoms with Crippen molar-refractivity contribution in [2.75, 3.05) is 145 Å². The van der Waals surface area contributed by atoms with E-state index in [0.29, 0.717) is 187 Å². The second kappa shape index (κ2) is 40.7. The van der Waals surface area contributed by atoms with Crippen LogP contribution in [0.5, 0.6) is 34.5 Å². The summed E-state index contributed by atoms with van der Waals surface area (Å²) in [6.45, 7) is 12.2. The molecule has 0 saturated heterocycles.